The summed E-state index contributed by atoms with van der Waals surface area (Å²) in [6.45, 7) is 2.50. The number of rotatable bonds is 4. The van der Waals surface area contributed by atoms with Crippen LogP contribution in [0.15, 0.2) is 29.3 Å². The first kappa shape index (κ1) is 17.2. The Balaban J connectivity index is 0.00000200. The van der Waals surface area contributed by atoms with Gasteiger partial charge >= 0.3 is 0 Å². The van der Waals surface area contributed by atoms with Crippen molar-refractivity contribution in [3.63, 3.8) is 0 Å². The molecule has 0 amide bonds. The lowest BCUT2D eigenvalue weighted by Crippen LogP contribution is -2.40. The number of likely N-dealkylation sites (N-methyl/N-ethyl adjacent to an activating group) is 2. The molecule has 0 saturated heterocycles. The number of benzene rings is 1. The van der Waals surface area contributed by atoms with Gasteiger partial charge in [0.15, 0.2) is 5.96 Å². The van der Waals surface area contributed by atoms with Crippen LogP contribution in [0, 0.1) is 5.82 Å². The van der Waals surface area contributed by atoms with Crippen molar-refractivity contribution >= 4 is 29.9 Å². The van der Waals surface area contributed by atoms with Crippen LogP contribution >= 0.6 is 24.0 Å². The van der Waals surface area contributed by atoms with Crippen molar-refractivity contribution in [3.05, 3.63) is 35.6 Å². The summed E-state index contributed by atoms with van der Waals surface area (Å²) < 4.78 is 13.3. The lowest BCUT2D eigenvalue weighted by Gasteiger charge is -2.26. The van der Waals surface area contributed by atoms with Gasteiger partial charge in [0.2, 0.25) is 0 Å². The third-order valence-corrected chi connectivity index (χ3v) is 3.37. The van der Waals surface area contributed by atoms with Gasteiger partial charge in [0.25, 0.3) is 0 Å². The summed E-state index contributed by atoms with van der Waals surface area (Å²) in [7, 11) is 6.01. The van der Waals surface area contributed by atoms with Gasteiger partial charge in [-0.25, -0.2) is 4.39 Å². The van der Waals surface area contributed by atoms with Crippen LogP contribution in [0.4, 0.5) is 4.39 Å². The highest BCUT2D eigenvalue weighted by molar-refractivity contribution is 14.0. The van der Waals surface area contributed by atoms with Crippen molar-refractivity contribution in [3.8, 4) is 0 Å². The van der Waals surface area contributed by atoms with Gasteiger partial charge in [-0.2, -0.15) is 0 Å². The Morgan fingerprint density at radius 1 is 1.45 bits per heavy atom. The second kappa shape index (κ2) is 7.78. The Bertz CT molecular complexity index is 464. The summed E-state index contributed by atoms with van der Waals surface area (Å²) in [6, 6.07) is 6.88. The van der Waals surface area contributed by atoms with Gasteiger partial charge in [-0.05, 0) is 31.8 Å². The Kier molecular flexibility index (Phi) is 6.67. The maximum atomic E-state index is 13.3. The molecule has 2 rings (SSSR count). The minimum absolute atomic E-state index is 0. The van der Waals surface area contributed by atoms with E-state index in [0.29, 0.717) is 6.54 Å². The van der Waals surface area contributed by atoms with Crippen molar-refractivity contribution in [1.29, 1.82) is 0 Å². The number of hydrogen-bond donors (Lipinski definition) is 1. The van der Waals surface area contributed by atoms with Gasteiger partial charge in [-0.3, -0.25) is 4.99 Å². The zero-order chi connectivity index (χ0) is 13.8. The quantitative estimate of drug-likeness (QED) is 0.795. The number of halogens is 2. The topological polar surface area (TPSA) is 30.9 Å². The highest BCUT2D eigenvalue weighted by atomic mass is 127. The Morgan fingerprint density at radius 3 is 2.75 bits per heavy atom. The fraction of sp³-hybridized carbons (Fsp3) is 0.500. The second-order valence-electron chi connectivity index (χ2n) is 5.04. The van der Waals surface area contributed by atoms with E-state index in [-0.39, 0.29) is 35.8 Å². The highest BCUT2D eigenvalue weighted by Crippen LogP contribution is 2.18. The maximum absolute atomic E-state index is 13.3. The van der Waals surface area contributed by atoms with Crippen LogP contribution in [0.5, 0.6) is 0 Å². The molecule has 0 bridgehead atoms. The summed E-state index contributed by atoms with van der Waals surface area (Å²) in [4.78, 5) is 8.57. The van der Waals surface area contributed by atoms with Crippen molar-refractivity contribution in [2.75, 3.05) is 40.8 Å². The van der Waals surface area contributed by atoms with E-state index >= 15 is 0 Å². The summed E-state index contributed by atoms with van der Waals surface area (Å²) in [5.41, 5.74) is 0.971. The first-order chi connectivity index (χ1) is 9.08. The number of aliphatic imine (C=N–C) groups is 1. The molecule has 1 heterocycles. The van der Waals surface area contributed by atoms with Crippen LogP contribution < -0.4 is 5.32 Å². The minimum atomic E-state index is -0.195. The van der Waals surface area contributed by atoms with E-state index < -0.39 is 0 Å². The molecular formula is C14H22FIN4. The molecule has 20 heavy (non-hydrogen) atoms. The molecule has 112 valence electrons. The molecule has 1 unspecified atom stereocenters. The van der Waals surface area contributed by atoms with Gasteiger partial charge in [-0.1, -0.05) is 12.1 Å². The van der Waals surface area contributed by atoms with Crippen molar-refractivity contribution < 1.29 is 4.39 Å². The Labute approximate surface area is 137 Å². The van der Waals surface area contributed by atoms with Crippen LogP contribution in [0.1, 0.15) is 11.6 Å². The van der Waals surface area contributed by atoms with Crippen LogP contribution in [-0.4, -0.2) is 56.5 Å². The Morgan fingerprint density at radius 2 is 2.20 bits per heavy atom. The lowest BCUT2D eigenvalue weighted by molar-refractivity contribution is 0.296. The van der Waals surface area contributed by atoms with E-state index in [0.717, 1.165) is 24.6 Å². The number of nitrogens with zero attached hydrogens (tertiary/aromatic N) is 3. The van der Waals surface area contributed by atoms with E-state index in [2.05, 4.69) is 20.1 Å². The smallest absolute Gasteiger partial charge is 0.193 e. The molecule has 1 N–H and O–H groups in total. The van der Waals surface area contributed by atoms with Gasteiger partial charge in [0, 0.05) is 20.1 Å². The predicted octanol–water partition coefficient (Wildman–Crippen LogP) is 1.94. The average Bonchev–Trinajstić information content (AvgIpc) is 2.75. The standard InChI is InChI=1S/C14H21FN4.HI/c1-18(2)13(11-5-4-6-12(15)9-11)10-17-14-16-7-8-19(14)3;/h4-6,9,13H,7-8,10H2,1-3H3,(H,16,17);1H. The molecule has 6 heteroatoms. The molecular weight excluding hydrogens is 370 g/mol. The summed E-state index contributed by atoms with van der Waals surface area (Å²) in [5, 5.41) is 3.34. The van der Waals surface area contributed by atoms with E-state index in [1.807, 2.05) is 27.2 Å². The first-order valence-electron chi connectivity index (χ1n) is 6.49. The molecule has 0 spiro atoms. The largest absolute Gasteiger partial charge is 0.354 e. The van der Waals surface area contributed by atoms with Gasteiger partial charge in [0.05, 0.1) is 12.6 Å². The molecule has 0 fully saturated rings. The highest BCUT2D eigenvalue weighted by Gasteiger charge is 2.18. The molecule has 0 aromatic heterocycles. The molecule has 4 nitrogen and oxygen atoms in total. The predicted molar refractivity (Wildman–Crippen MR) is 91.2 cm³/mol. The molecule has 0 radical (unpaired) electrons. The van der Waals surface area contributed by atoms with Crippen molar-refractivity contribution in [1.82, 2.24) is 15.1 Å². The maximum Gasteiger partial charge on any atom is 0.193 e. The van der Waals surface area contributed by atoms with E-state index in [9.17, 15) is 4.39 Å². The van der Waals surface area contributed by atoms with E-state index in [4.69, 9.17) is 0 Å². The van der Waals surface area contributed by atoms with Crippen LogP contribution in [0.2, 0.25) is 0 Å². The zero-order valence-electron chi connectivity index (χ0n) is 12.1. The number of nitrogens with one attached hydrogen (secondary N) is 1. The van der Waals surface area contributed by atoms with Gasteiger partial charge < -0.3 is 15.1 Å². The summed E-state index contributed by atoms with van der Waals surface area (Å²) in [6.07, 6.45) is 0. The van der Waals surface area contributed by atoms with E-state index in [1.165, 1.54) is 6.07 Å². The molecule has 0 saturated carbocycles. The third-order valence-electron chi connectivity index (χ3n) is 3.37. The fourth-order valence-electron chi connectivity index (χ4n) is 2.22. The SMILES string of the molecule is CN1CCN=C1NCC(c1cccc(F)c1)N(C)C.I. The number of hydrogen-bond acceptors (Lipinski definition) is 4. The molecule has 1 aromatic carbocycles. The fourth-order valence-corrected chi connectivity index (χ4v) is 2.22. The molecule has 0 aliphatic carbocycles. The van der Waals surface area contributed by atoms with Crippen LogP contribution in [0.25, 0.3) is 0 Å². The molecule has 1 aliphatic rings. The monoisotopic (exact) mass is 392 g/mol. The third kappa shape index (κ3) is 4.31. The zero-order valence-corrected chi connectivity index (χ0v) is 14.5. The second-order valence-corrected chi connectivity index (χ2v) is 5.04. The normalized spacial score (nSPS) is 15.8. The lowest BCUT2D eigenvalue weighted by atomic mass is 10.1. The van der Waals surface area contributed by atoms with Crippen LogP contribution in [0.3, 0.4) is 0 Å². The van der Waals surface area contributed by atoms with Gasteiger partial charge in [0.1, 0.15) is 5.82 Å². The van der Waals surface area contributed by atoms with Crippen LogP contribution in [-0.2, 0) is 0 Å². The first-order valence-corrected chi connectivity index (χ1v) is 6.49. The minimum Gasteiger partial charge on any atom is -0.354 e. The summed E-state index contributed by atoms with van der Waals surface area (Å²) >= 11 is 0. The molecule has 1 aliphatic heterocycles. The summed E-state index contributed by atoms with van der Waals surface area (Å²) in [5.74, 6) is 0.725. The van der Waals surface area contributed by atoms with E-state index in [1.54, 1.807) is 12.1 Å². The van der Waals surface area contributed by atoms with Gasteiger partial charge in [-0.15, -0.1) is 24.0 Å². The molecule has 1 atom stereocenters. The number of guanidine groups is 1. The average molecular weight is 392 g/mol. The Hall–Kier alpha value is -0.890. The van der Waals surface area contributed by atoms with Crippen molar-refractivity contribution in [2.45, 2.75) is 6.04 Å². The van der Waals surface area contributed by atoms with Crippen molar-refractivity contribution in [2.24, 2.45) is 4.99 Å². The molecule has 1 aromatic rings.